The lowest BCUT2D eigenvalue weighted by atomic mass is 10.0. The van der Waals surface area contributed by atoms with Gasteiger partial charge in [-0.3, -0.25) is 0 Å². The number of anilines is 1. The number of hydrogen-bond donors (Lipinski definition) is 0. The third-order valence-corrected chi connectivity index (χ3v) is 2.39. The molecule has 1 aliphatic heterocycles. The molecule has 2 rings (SSSR count). The molecule has 0 saturated heterocycles. The van der Waals surface area contributed by atoms with E-state index in [1.807, 2.05) is 6.08 Å². The highest BCUT2D eigenvalue weighted by Crippen LogP contribution is 2.27. The first-order valence-electron chi connectivity index (χ1n) is 4.45. The minimum Gasteiger partial charge on any atom is -0.351 e. The third kappa shape index (κ3) is 1.37. The Morgan fingerprint density at radius 1 is 1.38 bits per heavy atom. The Kier molecular flexibility index (Phi) is 1.93. The summed E-state index contributed by atoms with van der Waals surface area (Å²) in [7, 11) is 2.07. The third-order valence-electron chi connectivity index (χ3n) is 2.39. The Morgan fingerprint density at radius 2 is 2.15 bits per heavy atom. The van der Waals surface area contributed by atoms with Gasteiger partial charge in [-0.05, 0) is 17.2 Å². The fourth-order valence-electron chi connectivity index (χ4n) is 1.71. The molecule has 0 aliphatic carbocycles. The normalized spacial score (nSPS) is 14.8. The van der Waals surface area contributed by atoms with Crippen LogP contribution in [0, 0.1) is 0 Å². The molecule has 0 N–H and O–H groups in total. The average Bonchev–Trinajstić information content (AvgIpc) is 2.18. The van der Waals surface area contributed by atoms with Gasteiger partial charge in [0.05, 0.1) is 0 Å². The summed E-state index contributed by atoms with van der Waals surface area (Å²) >= 11 is 0. The number of nitrogens with zero attached hydrogens (tertiary/aromatic N) is 1. The average molecular weight is 171 g/mol. The van der Waals surface area contributed by atoms with Crippen LogP contribution in [-0.4, -0.2) is 7.05 Å². The number of allylic oxidation sites excluding steroid dienone is 2. The van der Waals surface area contributed by atoms with E-state index < -0.39 is 0 Å². The maximum atomic E-state index is 3.80. The molecule has 0 fully saturated rings. The van der Waals surface area contributed by atoms with Crippen molar-refractivity contribution in [2.24, 2.45) is 0 Å². The molecular weight excluding hydrogens is 158 g/mol. The van der Waals surface area contributed by atoms with Crippen molar-refractivity contribution in [2.75, 3.05) is 11.9 Å². The van der Waals surface area contributed by atoms with Crippen molar-refractivity contribution < 1.29 is 0 Å². The predicted octanol–water partition coefficient (Wildman–Crippen LogP) is 2.75. The summed E-state index contributed by atoms with van der Waals surface area (Å²) in [4.78, 5) is 2.15. The topological polar surface area (TPSA) is 3.24 Å². The first-order chi connectivity index (χ1) is 6.31. The van der Waals surface area contributed by atoms with Crippen LogP contribution in [0.15, 0.2) is 48.7 Å². The van der Waals surface area contributed by atoms with Gasteiger partial charge in [-0.1, -0.05) is 30.9 Å². The molecule has 0 amide bonds. The van der Waals surface area contributed by atoms with Crippen molar-refractivity contribution >= 4 is 5.69 Å². The number of fused-ring (bicyclic) bond motifs is 1. The maximum Gasteiger partial charge on any atom is 0.0439 e. The van der Waals surface area contributed by atoms with Gasteiger partial charge in [-0.2, -0.15) is 0 Å². The van der Waals surface area contributed by atoms with Gasteiger partial charge in [0.15, 0.2) is 0 Å². The highest BCUT2D eigenvalue weighted by atomic mass is 15.1. The van der Waals surface area contributed by atoms with Gasteiger partial charge in [-0.25, -0.2) is 0 Å². The molecule has 0 saturated carbocycles. The van der Waals surface area contributed by atoms with Crippen LogP contribution in [0.4, 0.5) is 5.69 Å². The van der Waals surface area contributed by atoms with E-state index >= 15 is 0 Å². The fraction of sp³-hybridized carbons (Fsp3) is 0.167. The second-order valence-electron chi connectivity index (χ2n) is 3.32. The SMILES string of the molecule is C=CC1=CN(C)c2ccccc2C1. The molecule has 0 unspecified atom stereocenters. The van der Waals surface area contributed by atoms with E-state index in [1.165, 1.54) is 16.8 Å². The van der Waals surface area contributed by atoms with Crippen LogP contribution >= 0.6 is 0 Å². The van der Waals surface area contributed by atoms with Crippen LogP contribution in [0.1, 0.15) is 5.56 Å². The molecule has 1 aromatic rings. The molecule has 1 heteroatoms. The summed E-state index contributed by atoms with van der Waals surface area (Å²) in [5, 5.41) is 0. The first-order valence-corrected chi connectivity index (χ1v) is 4.45. The van der Waals surface area contributed by atoms with E-state index in [-0.39, 0.29) is 0 Å². The largest absolute Gasteiger partial charge is 0.351 e. The molecule has 1 aromatic carbocycles. The first kappa shape index (κ1) is 8.11. The molecule has 1 nitrogen and oxygen atoms in total. The molecule has 1 aliphatic rings. The lowest BCUT2D eigenvalue weighted by Gasteiger charge is -2.24. The summed E-state index contributed by atoms with van der Waals surface area (Å²) < 4.78 is 0. The molecule has 0 atom stereocenters. The Morgan fingerprint density at radius 3 is 2.92 bits per heavy atom. The van der Waals surface area contributed by atoms with Crippen LogP contribution in [-0.2, 0) is 6.42 Å². The van der Waals surface area contributed by atoms with Gasteiger partial charge in [0.2, 0.25) is 0 Å². The lowest BCUT2D eigenvalue weighted by Crippen LogP contribution is -2.16. The zero-order valence-corrected chi connectivity index (χ0v) is 7.83. The minimum absolute atomic E-state index is 1.00. The Balaban J connectivity index is 2.45. The van der Waals surface area contributed by atoms with E-state index in [9.17, 15) is 0 Å². The van der Waals surface area contributed by atoms with Crippen molar-refractivity contribution in [3.8, 4) is 0 Å². The van der Waals surface area contributed by atoms with Crippen molar-refractivity contribution in [1.82, 2.24) is 0 Å². The molecule has 1 heterocycles. The highest BCUT2D eigenvalue weighted by molar-refractivity contribution is 5.60. The lowest BCUT2D eigenvalue weighted by molar-refractivity contribution is 1.05. The van der Waals surface area contributed by atoms with Crippen LogP contribution in [0.3, 0.4) is 0 Å². The van der Waals surface area contributed by atoms with Crippen molar-refractivity contribution in [1.29, 1.82) is 0 Å². The molecule has 0 aromatic heterocycles. The molecule has 0 radical (unpaired) electrons. The monoisotopic (exact) mass is 171 g/mol. The number of rotatable bonds is 1. The molecule has 0 spiro atoms. The second-order valence-corrected chi connectivity index (χ2v) is 3.32. The molecular formula is C12H13N. The summed E-state index contributed by atoms with van der Waals surface area (Å²) in [6, 6.07) is 8.47. The van der Waals surface area contributed by atoms with Gasteiger partial charge >= 0.3 is 0 Å². The van der Waals surface area contributed by atoms with Crippen molar-refractivity contribution in [3.05, 3.63) is 54.3 Å². The van der Waals surface area contributed by atoms with E-state index in [0.29, 0.717) is 0 Å². The molecule has 13 heavy (non-hydrogen) atoms. The van der Waals surface area contributed by atoms with Gasteiger partial charge in [-0.15, -0.1) is 0 Å². The van der Waals surface area contributed by atoms with Crippen molar-refractivity contribution in [3.63, 3.8) is 0 Å². The van der Waals surface area contributed by atoms with Crippen LogP contribution in [0.2, 0.25) is 0 Å². The van der Waals surface area contributed by atoms with E-state index in [2.05, 4.69) is 49.0 Å². The number of hydrogen-bond acceptors (Lipinski definition) is 1. The standard InChI is InChI=1S/C12H13N/c1-3-10-8-11-6-4-5-7-12(11)13(2)9-10/h3-7,9H,1,8H2,2H3. The zero-order valence-electron chi connectivity index (χ0n) is 7.83. The fourth-order valence-corrected chi connectivity index (χ4v) is 1.71. The van der Waals surface area contributed by atoms with Crippen LogP contribution in [0.5, 0.6) is 0 Å². The van der Waals surface area contributed by atoms with Gasteiger partial charge in [0, 0.05) is 25.4 Å². The van der Waals surface area contributed by atoms with Crippen LogP contribution in [0.25, 0.3) is 0 Å². The van der Waals surface area contributed by atoms with Gasteiger partial charge < -0.3 is 4.90 Å². The predicted molar refractivity (Wildman–Crippen MR) is 56.8 cm³/mol. The zero-order chi connectivity index (χ0) is 9.26. The highest BCUT2D eigenvalue weighted by Gasteiger charge is 2.11. The minimum atomic E-state index is 1.00. The number of benzene rings is 1. The summed E-state index contributed by atoms with van der Waals surface area (Å²) in [5.41, 5.74) is 3.96. The maximum absolute atomic E-state index is 3.80. The molecule has 66 valence electrons. The smallest absolute Gasteiger partial charge is 0.0439 e. The van der Waals surface area contributed by atoms with E-state index in [4.69, 9.17) is 0 Å². The summed E-state index contributed by atoms with van der Waals surface area (Å²) in [6.45, 7) is 3.80. The van der Waals surface area contributed by atoms with E-state index in [1.54, 1.807) is 0 Å². The summed E-state index contributed by atoms with van der Waals surface area (Å²) in [6.07, 6.45) is 5.06. The molecule has 0 bridgehead atoms. The van der Waals surface area contributed by atoms with Gasteiger partial charge in [0.1, 0.15) is 0 Å². The van der Waals surface area contributed by atoms with Crippen molar-refractivity contribution in [2.45, 2.75) is 6.42 Å². The Labute approximate surface area is 79.0 Å². The Hall–Kier alpha value is -1.50. The number of para-hydroxylation sites is 1. The second kappa shape index (κ2) is 3.09. The van der Waals surface area contributed by atoms with Crippen LogP contribution < -0.4 is 4.90 Å². The quantitative estimate of drug-likeness (QED) is 0.628. The van der Waals surface area contributed by atoms with Gasteiger partial charge in [0.25, 0.3) is 0 Å². The Bertz CT molecular complexity index is 363. The summed E-state index contributed by atoms with van der Waals surface area (Å²) in [5.74, 6) is 0. The van der Waals surface area contributed by atoms with E-state index in [0.717, 1.165) is 6.42 Å².